The number of hydrogen-bond donors (Lipinski definition) is 2. The second-order valence-electron chi connectivity index (χ2n) is 4.95. The van der Waals surface area contributed by atoms with Gasteiger partial charge in [-0.1, -0.05) is 19.9 Å². The molecule has 4 heteroatoms. The Morgan fingerprint density at radius 1 is 1.62 bits per heavy atom. The first-order valence-corrected chi connectivity index (χ1v) is 5.42. The molecular formula is C12H16N2O2. The Hall–Kier alpha value is -1.42. The molecule has 0 bridgehead atoms. The summed E-state index contributed by atoms with van der Waals surface area (Å²) in [5, 5.41) is 12.2. The molecule has 1 aromatic heterocycles. The van der Waals surface area contributed by atoms with E-state index in [2.05, 4.69) is 24.1 Å². The van der Waals surface area contributed by atoms with Gasteiger partial charge in [0.05, 0.1) is 5.69 Å². The summed E-state index contributed by atoms with van der Waals surface area (Å²) in [7, 11) is 0. The fraction of sp³-hybridized carbons (Fsp3) is 0.500. The predicted octanol–water partition coefficient (Wildman–Crippen LogP) is 1.67. The van der Waals surface area contributed by atoms with Crippen LogP contribution in [0, 0.1) is 5.41 Å². The van der Waals surface area contributed by atoms with Crippen LogP contribution in [-0.2, 0) is 6.54 Å². The number of carboxylic acid groups (broad SMARTS) is 1. The SMILES string of the molecule is CC1(C)CC1NCc1cccc(C(=O)O)n1. The lowest BCUT2D eigenvalue weighted by atomic mass is 10.2. The zero-order chi connectivity index (χ0) is 11.8. The Bertz CT molecular complexity index is 415. The van der Waals surface area contributed by atoms with E-state index in [4.69, 9.17) is 5.11 Å². The lowest BCUT2D eigenvalue weighted by Gasteiger charge is -2.06. The zero-order valence-corrected chi connectivity index (χ0v) is 9.53. The molecule has 1 fully saturated rings. The molecule has 1 saturated carbocycles. The van der Waals surface area contributed by atoms with Crippen molar-refractivity contribution in [2.45, 2.75) is 32.9 Å². The maximum atomic E-state index is 10.7. The Balaban J connectivity index is 1.95. The molecule has 16 heavy (non-hydrogen) atoms. The largest absolute Gasteiger partial charge is 0.477 e. The molecule has 1 aromatic rings. The van der Waals surface area contributed by atoms with Crippen LogP contribution in [0.1, 0.15) is 36.5 Å². The lowest BCUT2D eigenvalue weighted by molar-refractivity contribution is 0.0690. The third-order valence-electron chi connectivity index (χ3n) is 3.07. The van der Waals surface area contributed by atoms with Crippen LogP contribution in [-0.4, -0.2) is 22.1 Å². The summed E-state index contributed by atoms with van der Waals surface area (Å²) in [6, 6.07) is 5.61. The van der Waals surface area contributed by atoms with Gasteiger partial charge in [-0.25, -0.2) is 9.78 Å². The van der Waals surface area contributed by atoms with Crippen LogP contribution in [0.25, 0.3) is 0 Å². The van der Waals surface area contributed by atoms with Gasteiger partial charge in [0.25, 0.3) is 0 Å². The molecule has 86 valence electrons. The van der Waals surface area contributed by atoms with Crippen molar-refractivity contribution in [2.75, 3.05) is 0 Å². The van der Waals surface area contributed by atoms with Crippen LogP contribution in [0.2, 0.25) is 0 Å². The van der Waals surface area contributed by atoms with Gasteiger partial charge < -0.3 is 10.4 Å². The molecule has 1 heterocycles. The quantitative estimate of drug-likeness (QED) is 0.810. The molecule has 1 aliphatic rings. The third kappa shape index (κ3) is 2.39. The van der Waals surface area contributed by atoms with Crippen LogP contribution in [0.4, 0.5) is 0 Å². The second kappa shape index (κ2) is 3.87. The van der Waals surface area contributed by atoms with E-state index >= 15 is 0 Å². The molecule has 0 radical (unpaired) electrons. The van der Waals surface area contributed by atoms with Gasteiger partial charge in [-0.3, -0.25) is 0 Å². The van der Waals surface area contributed by atoms with E-state index in [1.165, 1.54) is 12.5 Å². The van der Waals surface area contributed by atoms with Crippen molar-refractivity contribution < 1.29 is 9.90 Å². The smallest absolute Gasteiger partial charge is 0.354 e. The molecule has 0 aromatic carbocycles. The molecule has 1 unspecified atom stereocenters. The van der Waals surface area contributed by atoms with Gasteiger partial charge in [0.2, 0.25) is 0 Å². The summed E-state index contributed by atoms with van der Waals surface area (Å²) in [6.07, 6.45) is 1.17. The maximum Gasteiger partial charge on any atom is 0.354 e. The van der Waals surface area contributed by atoms with Crippen molar-refractivity contribution in [3.63, 3.8) is 0 Å². The summed E-state index contributed by atoms with van der Waals surface area (Å²) < 4.78 is 0. The Morgan fingerprint density at radius 2 is 2.31 bits per heavy atom. The van der Waals surface area contributed by atoms with Gasteiger partial charge in [0.1, 0.15) is 5.69 Å². The zero-order valence-electron chi connectivity index (χ0n) is 9.53. The highest BCUT2D eigenvalue weighted by Gasteiger charge is 2.44. The number of hydrogen-bond acceptors (Lipinski definition) is 3. The van der Waals surface area contributed by atoms with Gasteiger partial charge in [-0.05, 0) is 24.0 Å². The number of rotatable bonds is 4. The van der Waals surface area contributed by atoms with E-state index in [9.17, 15) is 4.79 Å². The summed E-state index contributed by atoms with van der Waals surface area (Å²) in [5.41, 5.74) is 1.27. The Labute approximate surface area is 94.7 Å². The highest BCUT2D eigenvalue weighted by atomic mass is 16.4. The van der Waals surface area contributed by atoms with Crippen LogP contribution >= 0.6 is 0 Å². The van der Waals surface area contributed by atoms with Crippen molar-refractivity contribution in [3.05, 3.63) is 29.6 Å². The molecule has 1 aliphatic carbocycles. The Kier molecular flexibility index (Phi) is 2.68. The number of carboxylic acids is 1. The summed E-state index contributed by atoms with van der Waals surface area (Å²) in [6.45, 7) is 5.06. The first-order chi connectivity index (χ1) is 7.49. The molecule has 0 saturated heterocycles. The predicted molar refractivity (Wildman–Crippen MR) is 60.2 cm³/mol. The molecule has 4 nitrogen and oxygen atoms in total. The average Bonchev–Trinajstić information content (AvgIpc) is 2.84. The van der Waals surface area contributed by atoms with Crippen molar-refractivity contribution in [2.24, 2.45) is 5.41 Å². The molecule has 1 atom stereocenters. The number of aromatic nitrogens is 1. The standard InChI is InChI=1S/C12H16N2O2/c1-12(2)6-10(12)13-7-8-4-3-5-9(14-8)11(15)16/h3-5,10,13H,6-7H2,1-2H3,(H,15,16). The van der Waals surface area contributed by atoms with Crippen LogP contribution in [0.5, 0.6) is 0 Å². The van der Waals surface area contributed by atoms with Crippen molar-refractivity contribution in [3.8, 4) is 0 Å². The molecule has 0 amide bonds. The highest BCUT2D eigenvalue weighted by Crippen LogP contribution is 2.44. The number of nitrogens with zero attached hydrogens (tertiary/aromatic N) is 1. The van der Waals surface area contributed by atoms with E-state index in [1.807, 2.05) is 6.07 Å². The maximum absolute atomic E-state index is 10.7. The minimum absolute atomic E-state index is 0.106. The van der Waals surface area contributed by atoms with Gasteiger partial charge in [0.15, 0.2) is 0 Å². The van der Waals surface area contributed by atoms with E-state index < -0.39 is 5.97 Å². The monoisotopic (exact) mass is 220 g/mol. The highest BCUT2D eigenvalue weighted by molar-refractivity contribution is 5.85. The topological polar surface area (TPSA) is 62.2 Å². The third-order valence-corrected chi connectivity index (χ3v) is 3.07. The molecule has 0 aliphatic heterocycles. The minimum atomic E-state index is -0.978. The molecule has 2 N–H and O–H groups in total. The van der Waals surface area contributed by atoms with Gasteiger partial charge >= 0.3 is 5.97 Å². The van der Waals surface area contributed by atoms with E-state index in [-0.39, 0.29) is 5.69 Å². The van der Waals surface area contributed by atoms with Gasteiger partial charge in [-0.2, -0.15) is 0 Å². The fourth-order valence-electron chi connectivity index (χ4n) is 1.74. The molecular weight excluding hydrogens is 204 g/mol. The normalized spacial score (nSPS) is 21.8. The first-order valence-electron chi connectivity index (χ1n) is 5.42. The summed E-state index contributed by atoms with van der Waals surface area (Å²) in [5.74, 6) is -0.978. The van der Waals surface area contributed by atoms with Gasteiger partial charge in [-0.15, -0.1) is 0 Å². The van der Waals surface area contributed by atoms with E-state index in [0.29, 0.717) is 18.0 Å². The average molecular weight is 220 g/mol. The van der Waals surface area contributed by atoms with Crippen LogP contribution in [0.3, 0.4) is 0 Å². The summed E-state index contributed by atoms with van der Waals surface area (Å²) in [4.78, 5) is 14.8. The van der Waals surface area contributed by atoms with E-state index in [1.54, 1.807) is 6.07 Å². The van der Waals surface area contributed by atoms with Crippen LogP contribution < -0.4 is 5.32 Å². The van der Waals surface area contributed by atoms with E-state index in [0.717, 1.165) is 5.69 Å². The lowest BCUT2D eigenvalue weighted by Crippen LogP contribution is -2.21. The first kappa shape index (κ1) is 11.1. The fourth-order valence-corrected chi connectivity index (χ4v) is 1.74. The number of pyridine rings is 1. The molecule has 0 spiro atoms. The van der Waals surface area contributed by atoms with Crippen molar-refractivity contribution in [1.82, 2.24) is 10.3 Å². The second-order valence-corrected chi connectivity index (χ2v) is 4.95. The van der Waals surface area contributed by atoms with Crippen LogP contribution in [0.15, 0.2) is 18.2 Å². The number of carbonyl (C=O) groups is 1. The van der Waals surface area contributed by atoms with Crippen molar-refractivity contribution in [1.29, 1.82) is 0 Å². The summed E-state index contributed by atoms with van der Waals surface area (Å²) >= 11 is 0. The Morgan fingerprint density at radius 3 is 2.88 bits per heavy atom. The number of aromatic carboxylic acids is 1. The number of nitrogens with one attached hydrogen (secondary N) is 1. The van der Waals surface area contributed by atoms with Crippen molar-refractivity contribution >= 4 is 5.97 Å². The minimum Gasteiger partial charge on any atom is -0.477 e. The van der Waals surface area contributed by atoms with Gasteiger partial charge in [0, 0.05) is 12.6 Å². The molecule has 2 rings (SSSR count).